The lowest BCUT2D eigenvalue weighted by atomic mass is 10.1. The number of carboxylic acid groups (broad SMARTS) is 1. The second kappa shape index (κ2) is 14.0. The van der Waals surface area contributed by atoms with Crippen molar-refractivity contribution >= 4 is 11.9 Å². The van der Waals surface area contributed by atoms with Gasteiger partial charge in [0.05, 0.1) is 19.1 Å². The minimum Gasteiger partial charge on any atom is -0.481 e. The molecule has 0 saturated heterocycles. The number of aliphatic carboxylic acids is 1. The first kappa shape index (κ1) is 25.0. The highest BCUT2D eigenvalue weighted by Crippen LogP contribution is 2.13. The Labute approximate surface area is 171 Å². The molecule has 8 heteroatoms. The fourth-order valence-corrected chi connectivity index (χ4v) is 2.97. The Morgan fingerprint density at radius 1 is 1.14 bits per heavy atom. The molecule has 0 fully saturated rings. The summed E-state index contributed by atoms with van der Waals surface area (Å²) in [6.45, 7) is 1.00. The van der Waals surface area contributed by atoms with E-state index in [-0.39, 0.29) is 24.5 Å². The summed E-state index contributed by atoms with van der Waals surface area (Å²) in [6.07, 6.45) is 4.60. The number of halogens is 2. The van der Waals surface area contributed by atoms with Crippen LogP contribution in [-0.2, 0) is 20.9 Å². The van der Waals surface area contributed by atoms with Crippen LogP contribution in [0.2, 0.25) is 0 Å². The average molecular weight is 414 g/mol. The summed E-state index contributed by atoms with van der Waals surface area (Å²) < 4.78 is 31.9. The number of nitrogens with one attached hydrogen (secondary N) is 1. The molecule has 0 bridgehead atoms. The summed E-state index contributed by atoms with van der Waals surface area (Å²) in [7, 11) is 3.67. The zero-order valence-electron chi connectivity index (χ0n) is 17.3. The summed E-state index contributed by atoms with van der Waals surface area (Å²) in [4.78, 5) is 24.7. The normalized spacial score (nSPS) is 12.2. The molecule has 0 heterocycles. The van der Waals surface area contributed by atoms with E-state index in [0.29, 0.717) is 19.6 Å². The Bertz CT molecular complexity index is 641. The monoisotopic (exact) mass is 414 g/mol. The molecular weight excluding hydrogens is 382 g/mol. The van der Waals surface area contributed by atoms with Crippen molar-refractivity contribution in [2.75, 3.05) is 27.2 Å². The molecule has 0 aliphatic carbocycles. The van der Waals surface area contributed by atoms with E-state index in [1.54, 1.807) is 0 Å². The molecule has 164 valence electrons. The van der Waals surface area contributed by atoms with Crippen LogP contribution in [0.5, 0.6) is 0 Å². The second-order valence-corrected chi connectivity index (χ2v) is 7.41. The number of carbonyl (C=O) groups excluding carboxylic acids is 1. The van der Waals surface area contributed by atoms with E-state index in [2.05, 4.69) is 5.32 Å². The molecule has 0 radical (unpaired) electrons. The first-order valence-corrected chi connectivity index (χ1v) is 9.96. The van der Waals surface area contributed by atoms with Gasteiger partial charge in [-0.25, -0.2) is 8.78 Å². The molecule has 0 aliphatic heterocycles. The summed E-state index contributed by atoms with van der Waals surface area (Å²) in [6, 6.07) is 3.64. The molecule has 1 amide bonds. The van der Waals surface area contributed by atoms with E-state index >= 15 is 0 Å². The van der Waals surface area contributed by atoms with Gasteiger partial charge < -0.3 is 20.1 Å². The first-order valence-electron chi connectivity index (χ1n) is 9.96. The van der Waals surface area contributed by atoms with E-state index in [1.807, 2.05) is 19.0 Å². The van der Waals surface area contributed by atoms with Crippen LogP contribution in [0.25, 0.3) is 0 Å². The number of ether oxygens (including phenoxy) is 1. The van der Waals surface area contributed by atoms with Crippen molar-refractivity contribution in [1.82, 2.24) is 10.2 Å². The molecule has 29 heavy (non-hydrogen) atoms. The molecule has 0 aliphatic rings. The summed E-state index contributed by atoms with van der Waals surface area (Å²) in [5.41, 5.74) is 0.214. The average Bonchev–Trinajstić information content (AvgIpc) is 2.62. The van der Waals surface area contributed by atoms with Crippen LogP contribution in [0, 0.1) is 11.6 Å². The molecule has 1 rings (SSSR count). The predicted octanol–water partition coefficient (Wildman–Crippen LogP) is 3.34. The smallest absolute Gasteiger partial charge is 0.305 e. The predicted molar refractivity (Wildman–Crippen MR) is 106 cm³/mol. The quantitative estimate of drug-likeness (QED) is 0.431. The molecule has 2 N–H and O–H groups in total. The highest BCUT2D eigenvalue weighted by atomic mass is 19.2. The van der Waals surface area contributed by atoms with Crippen molar-refractivity contribution in [2.24, 2.45) is 0 Å². The Kier molecular flexibility index (Phi) is 12.1. The fraction of sp³-hybridized carbons (Fsp3) is 0.619. The van der Waals surface area contributed by atoms with Gasteiger partial charge in [0.1, 0.15) is 0 Å². The van der Waals surface area contributed by atoms with Crippen LogP contribution in [0.3, 0.4) is 0 Å². The number of benzene rings is 1. The molecule has 6 nitrogen and oxygen atoms in total. The maximum atomic E-state index is 13.5. The molecular formula is C21H32F2N2O4. The lowest BCUT2D eigenvalue weighted by molar-refractivity contribution is -0.137. The number of nitrogens with zero attached hydrogens (tertiary/aromatic N) is 1. The third kappa shape index (κ3) is 11.5. The molecule has 0 aromatic heterocycles. The van der Waals surface area contributed by atoms with E-state index in [0.717, 1.165) is 38.2 Å². The van der Waals surface area contributed by atoms with Gasteiger partial charge in [0.25, 0.3) is 0 Å². The van der Waals surface area contributed by atoms with E-state index in [4.69, 9.17) is 9.84 Å². The second-order valence-electron chi connectivity index (χ2n) is 7.41. The minimum absolute atomic E-state index is 0.0498. The molecule has 1 aromatic carbocycles. The SMILES string of the molecule is CN(C)CC(CC(=O)O)NC(=O)CCCCCCCOCc1cccc(F)c1F. The van der Waals surface area contributed by atoms with E-state index in [1.165, 1.54) is 12.1 Å². The van der Waals surface area contributed by atoms with Gasteiger partial charge >= 0.3 is 5.97 Å². The highest BCUT2D eigenvalue weighted by molar-refractivity contribution is 5.77. The van der Waals surface area contributed by atoms with Crippen molar-refractivity contribution in [3.8, 4) is 0 Å². The molecule has 1 unspecified atom stereocenters. The van der Waals surface area contributed by atoms with E-state index in [9.17, 15) is 18.4 Å². The number of likely N-dealkylation sites (N-methyl/N-ethyl adjacent to an activating group) is 1. The van der Waals surface area contributed by atoms with Crippen LogP contribution in [-0.4, -0.2) is 55.2 Å². The summed E-state index contributed by atoms with van der Waals surface area (Å²) >= 11 is 0. The Hall–Kier alpha value is -2.06. The lowest BCUT2D eigenvalue weighted by Gasteiger charge is -2.20. The third-order valence-corrected chi connectivity index (χ3v) is 4.35. The van der Waals surface area contributed by atoms with Gasteiger partial charge in [0, 0.05) is 25.1 Å². The van der Waals surface area contributed by atoms with Gasteiger partial charge in [0.15, 0.2) is 11.6 Å². The van der Waals surface area contributed by atoms with Gasteiger partial charge in [0.2, 0.25) is 5.91 Å². The van der Waals surface area contributed by atoms with Gasteiger partial charge in [-0.2, -0.15) is 0 Å². The van der Waals surface area contributed by atoms with Crippen molar-refractivity contribution in [2.45, 2.75) is 57.6 Å². The summed E-state index contributed by atoms with van der Waals surface area (Å²) in [5, 5.41) is 11.7. The molecule has 0 spiro atoms. The van der Waals surface area contributed by atoms with Crippen LogP contribution in [0.4, 0.5) is 8.78 Å². The maximum Gasteiger partial charge on any atom is 0.305 e. The first-order chi connectivity index (χ1) is 13.8. The van der Waals surface area contributed by atoms with Crippen molar-refractivity contribution in [1.29, 1.82) is 0 Å². The van der Waals surface area contributed by atoms with Crippen LogP contribution >= 0.6 is 0 Å². The van der Waals surface area contributed by atoms with Crippen molar-refractivity contribution in [3.05, 3.63) is 35.4 Å². The number of rotatable bonds is 15. The minimum atomic E-state index is -0.931. The van der Waals surface area contributed by atoms with Gasteiger partial charge in [-0.05, 0) is 33.0 Å². The van der Waals surface area contributed by atoms with Gasteiger partial charge in [-0.15, -0.1) is 0 Å². The molecule has 0 saturated carbocycles. The Morgan fingerprint density at radius 3 is 2.52 bits per heavy atom. The molecule has 1 aromatic rings. The lowest BCUT2D eigenvalue weighted by Crippen LogP contribution is -2.42. The van der Waals surface area contributed by atoms with Crippen LogP contribution in [0.15, 0.2) is 18.2 Å². The van der Waals surface area contributed by atoms with E-state index < -0.39 is 23.6 Å². The van der Waals surface area contributed by atoms with Crippen LogP contribution < -0.4 is 5.32 Å². The number of hydrogen-bond acceptors (Lipinski definition) is 4. The Morgan fingerprint density at radius 2 is 1.83 bits per heavy atom. The van der Waals surface area contributed by atoms with Crippen molar-refractivity contribution in [3.63, 3.8) is 0 Å². The number of hydrogen-bond donors (Lipinski definition) is 2. The van der Waals surface area contributed by atoms with Gasteiger partial charge in [-0.1, -0.05) is 31.4 Å². The van der Waals surface area contributed by atoms with Crippen molar-refractivity contribution < 1.29 is 28.2 Å². The third-order valence-electron chi connectivity index (χ3n) is 4.35. The van der Waals surface area contributed by atoms with Crippen LogP contribution in [0.1, 0.15) is 50.5 Å². The molecule has 1 atom stereocenters. The number of amides is 1. The maximum absolute atomic E-state index is 13.5. The van der Waals surface area contributed by atoms with Gasteiger partial charge in [-0.3, -0.25) is 9.59 Å². The number of unbranched alkanes of at least 4 members (excludes halogenated alkanes) is 4. The number of carbonyl (C=O) groups is 2. The largest absolute Gasteiger partial charge is 0.481 e. The standard InChI is InChI=1S/C21H32F2N2O4/c1-25(2)14-17(13-20(27)28)24-19(26)11-6-4-3-5-7-12-29-15-16-9-8-10-18(22)21(16)23/h8-10,17H,3-7,11-15H2,1-2H3,(H,24,26)(H,27,28). The topological polar surface area (TPSA) is 78.9 Å². The zero-order valence-corrected chi connectivity index (χ0v) is 17.3. The number of carboxylic acids is 1. The Balaban J connectivity index is 2.07. The highest BCUT2D eigenvalue weighted by Gasteiger charge is 2.16. The fourth-order valence-electron chi connectivity index (χ4n) is 2.97. The zero-order chi connectivity index (χ0) is 21.6. The summed E-state index contributed by atoms with van der Waals surface area (Å²) in [5.74, 6) is -2.79.